The predicted molar refractivity (Wildman–Crippen MR) is 41.3 cm³/mol. The molecule has 0 bridgehead atoms. The first-order valence-corrected chi connectivity index (χ1v) is 3.38. The van der Waals surface area contributed by atoms with Crippen LogP contribution in [0.25, 0.3) is 0 Å². The lowest BCUT2D eigenvalue weighted by atomic mass is 10.0. The summed E-state index contributed by atoms with van der Waals surface area (Å²) in [6.07, 6.45) is 8.68. The van der Waals surface area contributed by atoms with Gasteiger partial charge in [0.25, 0.3) is 0 Å². The van der Waals surface area contributed by atoms with E-state index in [-0.39, 0.29) is 0 Å². The second kappa shape index (κ2) is 2.67. The molecule has 0 aliphatic heterocycles. The second-order valence-corrected chi connectivity index (χ2v) is 2.34. The van der Waals surface area contributed by atoms with Gasteiger partial charge in [-0.25, -0.2) is 0 Å². The molecule has 0 N–H and O–H groups in total. The van der Waals surface area contributed by atoms with Gasteiger partial charge >= 0.3 is 0 Å². The van der Waals surface area contributed by atoms with Crippen LogP contribution in [0.15, 0.2) is 36.0 Å². The van der Waals surface area contributed by atoms with E-state index in [1.165, 1.54) is 5.57 Å². The van der Waals surface area contributed by atoms with Gasteiger partial charge in [0.05, 0.1) is 0 Å². The Labute approximate surface area is 56.6 Å². The summed E-state index contributed by atoms with van der Waals surface area (Å²) < 4.78 is 0. The van der Waals surface area contributed by atoms with Crippen molar-refractivity contribution < 1.29 is 0 Å². The number of hydrogen-bond donors (Lipinski definition) is 0. The first kappa shape index (κ1) is 6.34. The molecule has 0 unspecified atom stereocenters. The number of rotatable bonds is 1. The van der Waals surface area contributed by atoms with Crippen LogP contribution in [0.1, 0.15) is 19.8 Å². The van der Waals surface area contributed by atoms with Crippen LogP contribution in [0, 0.1) is 0 Å². The molecule has 1 rings (SSSR count). The van der Waals surface area contributed by atoms with E-state index in [4.69, 9.17) is 0 Å². The highest BCUT2D eigenvalue weighted by Gasteiger charge is 1.95. The zero-order chi connectivity index (χ0) is 6.69. The summed E-state index contributed by atoms with van der Waals surface area (Å²) in [5.74, 6) is 0. The molecule has 0 amide bonds. The maximum atomic E-state index is 3.85. The van der Waals surface area contributed by atoms with Crippen molar-refractivity contribution in [1.29, 1.82) is 0 Å². The van der Waals surface area contributed by atoms with E-state index in [0.29, 0.717) is 0 Å². The van der Waals surface area contributed by atoms with Crippen molar-refractivity contribution in [2.75, 3.05) is 0 Å². The lowest BCUT2D eigenvalue weighted by Crippen LogP contribution is -1.85. The van der Waals surface area contributed by atoms with Gasteiger partial charge in [-0.3, -0.25) is 0 Å². The molecule has 0 heterocycles. The minimum Gasteiger partial charge on any atom is -0.0918 e. The van der Waals surface area contributed by atoms with Crippen molar-refractivity contribution in [2.45, 2.75) is 19.8 Å². The maximum Gasteiger partial charge on any atom is -0.0132 e. The fourth-order valence-corrected chi connectivity index (χ4v) is 0.977. The Morgan fingerprint density at radius 2 is 2.44 bits per heavy atom. The lowest BCUT2D eigenvalue weighted by Gasteiger charge is -2.05. The quantitative estimate of drug-likeness (QED) is 0.499. The van der Waals surface area contributed by atoms with Crippen LogP contribution in [0.3, 0.4) is 0 Å². The van der Waals surface area contributed by atoms with Crippen LogP contribution in [0.5, 0.6) is 0 Å². The molecule has 48 valence electrons. The Kier molecular flexibility index (Phi) is 1.88. The van der Waals surface area contributed by atoms with Gasteiger partial charge in [0.2, 0.25) is 0 Å². The predicted octanol–water partition coefficient (Wildman–Crippen LogP) is 2.84. The summed E-state index contributed by atoms with van der Waals surface area (Å²) in [7, 11) is 0. The Bertz CT molecular complexity index is 170. The molecular formula is C9H12. The van der Waals surface area contributed by atoms with Crippen molar-refractivity contribution in [3.63, 3.8) is 0 Å². The second-order valence-electron chi connectivity index (χ2n) is 2.34. The van der Waals surface area contributed by atoms with Gasteiger partial charge in [-0.15, -0.1) is 0 Å². The summed E-state index contributed by atoms with van der Waals surface area (Å²) in [4.78, 5) is 0. The third-order valence-electron chi connectivity index (χ3n) is 1.56. The third-order valence-corrected chi connectivity index (χ3v) is 1.56. The first-order chi connectivity index (χ1) is 4.33. The van der Waals surface area contributed by atoms with Crippen LogP contribution >= 0.6 is 0 Å². The molecule has 0 radical (unpaired) electrons. The van der Waals surface area contributed by atoms with Crippen LogP contribution in [0.4, 0.5) is 0 Å². The van der Waals surface area contributed by atoms with E-state index in [1.54, 1.807) is 0 Å². The minimum atomic E-state index is 1.12. The standard InChI is InChI=1S/C9H12/c1-3-9-6-4-5-8(2)7-9/h4-5,7H,2-3,6H2,1H3. The van der Waals surface area contributed by atoms with Gasteiger partial charge in [-0.05, 0) is 18.4 Å². The Hall–Kier alpha value is -0.780. The zero-order valence-electron chi connectivity index (χ0n) is 5.85. The Balaban J connectivity index is 2.66. The smallest absolute Gasteiger partial charge is 0.0132 e. The molecule has 0 atom stereocenters. The molecule has 0 fully saturated rings. The Morgan fingerprint density at radius 3 is 2.89 bits per heavy atom. The molecule has 0 aromatic rings. The van der Waals surface area contributed by atoms with Gasteiger partial charge < -0.3 is 0 Å². The van der Waals surface area contributed by atoms with E-state index in [0.717, 1.165) is 18.4 Å². The van der Waals surface area contributed by atoms with E-state index < -0.39 is 0 Å². The van der Waals surface area contributed by atoms with Crippen molar-refractivity contribution in [3.05, 3.63) is 36.0 Å². The normalized spacial score (nSPS) is 17.9. The lowest BCUT2D eigenvalue weighted by molar-refractivity contribution is 1.02. The monoisotopic (exact) mass is 120 g/mol. The van der Waals surface area contributed by atoms with Crippen molar-refractivity contribution in [3.8, 4) is 0 Å². The molecule has 1 aliphatic rings. The van der Waals surface area contributed by atoms with E-state index in [9.17, 15) is 0 Å². The summed E-state index contributed by atoms with van der Waals surface area (Å²) in [6, 6.07) is 0. The number of allylic oxidation sites excluding steroid dienone is 5. The molecule has 9 heavy (non-hydrogen) atoms. The zero-order valence-corrected chi connectivity index (χ0v) is 5.85. The molecular weight excluding hydrogens is 108 g/mol. The highest BCUT2D eigenvalue weighted by atomic mass is 14.0. The van der Waals surface area contributed by atoms with Crippen molar-refractivity contribution >= 4 is 0 Å². The van der Waals surface area contributed by atoms with Crippen LogP contribution in [-0.2, 0) is 0 Å². The highest BCUT2D eigenvalue weighted by molar-refractivity contribution is 5.35. The molecule has 0 saturated heterocycles. The third kappa shape index (κ3) is 1.56. The summed E-state index contributed by atoms with van der Waals surface area (Å²) in [5.41, 5.74) is 2.63. The van der Waals surface area contributed by atoms with Crippen molar-refractivity contribution in [2.24, 2.45) is 0 Å². The molecule has 0 heteroatoms. The average molecular weight is 120 g/mol. The van der Waals surface area contributed by atoms with Crippen LogP contribution in [0.2, 0.25) is 0 Å². The summed E-state index contributed by atoms with van der Waals surface area (Å²) >= 11 is 0. The van der Waals surface area contributed by atoms with E-state index >= 15 is 0 Å². The highest BCUT2D eigenvalue weighted by Crippen LogP contribution is 2.16. The average Bonchev–Trinajstić information content (AvgIpc) is 1.88. The van der Waals surface area contributed by atoms with Gasteiger partial charge in [-0.2, -0.15) is 0 Å². The maximum absolute atomic E-state index is 3.85. The topological polar surface area (TPSA) is 0 Å². The fourth-order valence-electron chi connectivity index (χ4n) is 0.977. The molecule has 0 nitrogen and oxygen atoms in total. The summed E-state index contributed by atoms with van der Waals surface area (Å²) in [5, 5.41) is 0. The fraction of sp³-hybridized carbons (Fsp3) is 0.333. The van der Waals surface area contributed by atoms with Crippen LogP contribution in [-0.4, -0.2) is 0 Å². The van der Waals surface area contributed by atoms with Gasteiger partial charge in [0.1, 0.15) is 0 Å². The molecule has 1 aliphatic carbocycles. The molecule has 0 aromatic heterocycles. The first-order valence-electron chi connectivity index (χ1n) is 3.38. The SMILES string of the molecule is C=C1C=CCC(CC)=C1. The minimum absolute atomic E-state index is 1.12. The van der Waals surface area contributed by atoms with E-state index in [2.05, 4.69) is 31.7 Å². The molecule has 0 spiro atoms. The van der Waals surface area contributed by atoms with E-state index in [1.807, 2.05) is 0 Å². The van der Waals surface area contributed by atoms with Crippen LogP contribution < -0.4 is 0 Å². The number of hydrogen-bond acceptors (Lipinski definition) is 0. The van der Waals surface area contributed by atoms with Gasteiger partial charge in [0, 0.05) is 0 Å². The van der Waals surface area contributed by atoms with Crippen molar-refractivity contribution in [1.82, 2.24) is 0 Å². The van der Waals surface area contributed by atoms with Gasteiger partial charge in [-0.1, -0.05) is 37.3 Å². The molecule has 0 aromatic carbocycles. The Morgan fingerprint density at radius 1 is 1.67 bits per heavy atom. The summed E-state index contributed by atoms with van der Waals surface area (Å²) in [6.45, 7) is 6.03. The van der Waals surface area contributed by atoms with Gasteiger partial charge in [0.15, 0.2) is 0 Å². The largest absolute Gasteiger partial charge is 0.0918 e. The molecule has 0 saturated carbocycles.